The molecule has 2 rings (SSSR count). The van der Waals surface area contributed by atoms with Crippen LogP contribution in [0.5, 0.6) is 5.75 Å². The fourth-order valence-corrected chi connectivity index (χ4v) is 3.79. The molecule has 0 heterocycles. The van der Waals surface area contributed by atoms with Gasteiger partial charge in [-0.2, -0.15) is 0 Å². The number of aliphatic hydroxyl groups excluding tert-OH is 1. The Morgan fingerprint density at radius 2 is 1.93 bits per heavy atom. The Labute approximate surface area is 169 Å². The number of esters is 1. The zero-order chi connectivity index (χ0) is 20.4. The average Bonchev–Trinajstić information content (AvgIpc) is 2.68. The van der Waals surface area contributed by atoms with Crippen molar-refractivity contribution in [2.45, 2.75) is 57.7 Å². The van der Waals surface area contributed by atoms with Crippen LogP contribution in [0.1, 0.15) is 44.6 Å². The van der Waals surface area contributed by atoms with E-state index < -0.39 is 6.10 Å². The fourth-order valence-electron chi connectivity index (χ4n) is 3.79. The van der Waals surface area contributed by atoms with Gasteiger partial charge in [0.2, 0.25) is 0 Å². The summed E-state index contributed by atoms with van der Waals surface area (Å²) in [5.41, 5.74) is 0.988. The van der Waals surface area contributed by atoms with Crippen molar-refractivity contribution in [3.63, 3.8) is 0 Å². The van der Waals surface area contributed by atoms with Crippen LogP contribution >= 0.6 is 0 Å². The van der Waals surface area contributed by atoms with E-state index in [0.29, 0.717) is 25.7 Å². The van der Waals surface area contributed by atoms with Gasteiger partial charge in [0.25, 0.3) is 0 Å². The molecule has 1 fully saturated rings. The van der Waals surface area contributed by atoms with E-state index in [4.69, 9.17) is 9.47 Å². The van der Waals surface area contributed by atoms with E-state index in [9.17, 15) is 9.90 Å². The highest BCUT2D eigenvalue weighted by Crippen LogP contribution is 2.22. The summed E-state index contributed by atoms with van der Waals surface area (Å²) in [5, 5.41) is 10.4. The van der Waals surface area contributed by atoms with Gasteiger partial charge in [0.15, 0.2) is 0 Å². The Bertz CT molecular complexity index is 590. The lowest BCUT2D eigenvalue weighted by atomic mass is 9.94. The maximum atomic E-state index is 11.6. The van der Waals surface area contributed by atoms with Gasteiger partial charge >= 0.3 is 5.97 Å². The largest absolute Gasteiger partial charge is 0.491 e. The number of aliphatic hydroxyl groups is 1. The predicted molar refractivity (Wildman–Crippen MR) is 110 cm³/mol. The lowest BCUT2D eigenvalue weighted by molar-refractivity contribution is -0.144. The van der Waals surface area contributed by atoms with Crippen LogP contribution in [0.25, 0.3) is 0 Å². The second-order valence-electron chi connectivity index (χ2n) is 7.78. The van der Waals surface area contributed by atoms with Crippen LogP contribution in [0.4, 0.5) is 0 Å². The molecule has 0 aromatic heterocycles. The number of hydrogen-bond acceptors (Lipinski definition) is 6. The third-order valence-corrected chi connectivity index (χ3v) is 5.25. The Morgan fingerprint density at radius 1 is 1.21 bits per heavy atom. The van der Waals surface area contributed by atoms with Gasteiger partial charge in [-0.1, -0.05) is 37.5 Å². The first-order valence-corrected chi connectivity index (χ1v) is 10.4. The van der Waals surface area contributed by atoms with Gasteiger partial charge < -0.3 is 19.5 Å². The molecule has 1 aliphatic rings. The topological polar surface area (TPSA) is 62.2 Å². The number of ether oxygens (including phenoxy) is 2. The SMILES string of the molecule is CCOC(=O)CN(C)Cc1ccccc1OC[C@H](O)CN(C)C1CCCCC1. The number of nitrogens with zero attached hydrogens (tertiary/aromatic N) is 2. The van der Waals surface area contributed by atoms with Crippen molar-refractivity contribution in [1.29, 1.82) is 0 Å². The normalized spacial score (nSPS) is 16.4. The van der Waals surface area contributed by atoms with Crippen LogP contribution in [-0.4, -0.2) is 73.4 Å². The van der Waals surface area contributed by atoms with Gasteiger partial charge in [-0.05, 0) is 39.9 Å². The summed E-state index contributed by atoms with van der Waals surface area (Å²) < 4.78 is 10.9. The van der Waals surface area contributed by atoms with Gasteiger partial charge in [0.1, 0.15) is 18.5 Å². The minimum absolute atomic E-state index is 0.232. The maximum absolute atomic E-state index is 11.6. The summed E-state index contributed by atoms with van der Waals surface area (Å²) in [5.74, 6) is 0.516. The molecule has 1 saturated carbocycles. The molecule has 1 N–H and O–H groups in total. The molecule has 0 radical (unpaired) electrons. The summed E-state index contributed by atoms with van der Waals surface area (Å²) in [6, 6.07) is 8.34. The Morgan fingerprint density at radius 3 is 2.64 bits per heavy atom. The Kier molecular flexibility index (Phi) is 9.75. The third kappa shape index (κ3) is 7.78. The molecule has 6 nitrogen and oxygen atoms in total. The van der Waals surface area contributed by atoms with E-state index in [1.807, 2.05) is 36.2 Å². The smallest absolute Gasteiger partial charge is 0.320 e. The monoisotopic (exact) mass is 392 g/mol. The number of likely N-dealkylation sites (N-methyl/N-ethyl adjacent to an activating group) is 2. The second kappa shape index (κ2) is 12.0. The van der Waals surface area contributed by atoms with Crippen molar-refractivity contribution < 1.29 is 19.4 Å². The minimum Gasteiger partial charge on any atom is -0.491 e. The predicted octanol–water partition coefficient (Wildman–Crippen LogP) is 2.69. The zero-order valence-electron chi connectivity index (χ0n) is 17.6. The summed E-state index contributed by atoms with van der Waals surface area (Å²) in [7, 11) is 3.97. The van der Waals surface area contributed by atoms with Crippen LogP contribution in [0.15, 0.2) is 24.3 Å². The van der Waals surface area contributed by atoms with Crippen LogP contribution in [0.3, 0.4) is 0 Å². The number of carbonyl (C=O) groups excluding carboxylic acids is 1. The van der Waals surface area contributed by atoms with Crippen LogP contribution in [-0.2, 0) is 16.1 Å². The number of carbonyl (C=O) groups is 1. The second-order valence-corrected chi connectivity index (χ2v) is 7.78. The van der Waals surface area contributed by atoms with Crippen LogP contribution < -0.4 is 4.74 Å². The zero-order valence-corrected chi connectivity index (χ0v) is 17.6. The lowest BCUT2D eigenvalue weighted by Crippen LogP contribution is -2.40. The van der Waals surface area contributed by atoms with E-state index in [0.717, 1.165) is 11.3 Å². The summed E-state index contributed by atoms with van der Waals surface area (Å²) >= 11 is 0. The molecule has 0 saturated heterocycles. The summed E-state index contributed by atoms with van der Waals surface area (Å²) in [4.78, 5) is 15.8. The average molecular weight is 393 g/mol. The van der Waals surface area contributed by atoms with Gasteiger partial charge in [-0.25, -0.2) is 0 Å². The summed E-state index contributed by atoms with van der Waals surface area (Å²) in [6.45, 7) is 3.88. The van der Waals surface area contributed by atoms with Crippen molar-refractivity contribution in [2.75, 3.05) is 40.4 Å². The first kappa shape index (κ1) is 22.7. The standard InChI is InChI=1S/C22H36N2O4/c1-4-27-22(26)16-23(2)14-18-10-8-9-13-21(18)28-17-20(25)15-24(3)19-11-6-5-7-12-19/h8-10,13,19-20,25H,4-7,11-12,14-17H2,1-3H3/t20-/m1/s1. The summed E-state index contributed by atoms with van der Waals surface area (Å²) in [6.07, 6.45) is 5.82. The highest BCUT2D eigenvalue weighted by atomic mass is 16.5. The van der Waals surface area contributed by atoms with E-state index >= 15 is 0 Å². The fraction of sp³-hybridized carbons (Fsp3) is 0.682. The Hall–Kier alpha value is -1.63. The highest BCUT2D eigenvalue weighted by Gasteiger charge is 2.20. The molecule has 28 heavy (non-hydrogen) atoms. The van der Waals surface area contributed by atoms with Crippen molar-refractivity contribution in [3.05, 3.63) is 29.8 Å². The number of rotatable bonds is 11. The maximum Gasteiger partial charge on any atom is 0.320 e. The third-order valence-electron chi connectivity index (χ3n) is 5.25. The molecule has 1 aromatic rings. The molecule has 0 spiro atoms. The van der Waals surface area contributed by atoms with Crippen molar-refractivity contribution in [2.24, 2.45) is 0 Å². The number of para-hydroxylation sites is 1. The molecule has 1 aromatic carbocycles. The lowest BCUT2D eigenvalue weighted by Gasteiger charge is -2.32. The highest BCUT2D eigenvalue weighted by molar-refractivity contribution is 5.71. The van der Waals surface area contributed by atoms with E-state index in [1.54, 1.807) is 6.92 Å². The van der Waals surface area contributed by atoms with E-state index in [1.165, 1.54) is 32.1 Å². The van der Waals surface area contributed by atoms with E-state index in [2.05, 4.69) is 11.9 Å². The van der Waals surface area contributed by atoms with Gasteiger partial charge in [0.05, 0.1) is 13.2 Å². The Balaban J connectivity index is 1.82. The van der Waals surface area contributed by atoms with E-state index in [-0.39, 0.29) is 19.1 Å². The molecular weight excluding hydrogens is 356 g/mol. The molecule has 158 valence electrons. The first-order valence-electron chi connectivity index (χ1n) is 10.4. The molecule has 0 bridgehead atoms. The first-order chi connectivity index (χ1) is 13.5. The molecular formula is C22H36N2O4. The van der Waals surface area contributed by atoms with Crippen molar-refractivity contribution in [1.82, 2.24) is 9.80 Å². The van der Waals surface area contributed by atoms with Gasteiger partial charge in [-0.3, -0.25) is 9.69 Å². The number of hydrogen-bond donors (Lipinski definition) is 1. The molecule has 0 aliphatic heterocycles. The van der Waals surface area contributed by atoms with Crippen LogP contribution in [0.2, 0.25) is 0 Å². The quantitative estimate of drug-likeness (QED) is 0.584. The van der Waals surface area contributed by atoms with Crippen molar-refractivity contribution >= 4 is 5.97 Å². The van der Waals surface area contributed by atoms with Crippen molar-refractivity contribution in [3.8, 4) is 5.75 Å². The molecule has 0 unspecified atom stereocenters. The molecule has 6 heteroatoms. The molecule has 1 aliphatic carbocycles. The molecule has 1 atom stereocenters. The van der Waals surface area contributed by atoms with Crippen LogP contribution in [0, 0.1) is 0 Å². The number of benzene rings is 1. The molecule has 0 amide bonds. The van der Waals surface area contributed by atoms with Gasteiger partial charge in [0, 0.05) is 24.7 Å². The van der Waals surface area contributed by atoms with Gasteiger partial charge in [-0.15, -0.1) is 0 Å². The minimum atomic E-state index is -0.530.